The fourth-order valence-electron chi connectivity index (χ4n) is 2.02. The van der Waals surface area contributed by atoms with Crippen LogP contribution in [-0.2, 0) is 6.18 Å². The van der Waals surface area contributed by atoms with E-state index in [9.17, 15) is 22.8 Å². The summed E-state index contributed by atoms with van der Waals surface area (Å²) in [6, 6.07) is 2.62. The molecule has 3 aromatic rings. The minimum Gasteiger partial charge on any atom is -0.360 e. The number of carbonyl (C=O) groups is 1. The molecule has 0 saturated heterocycles. The Bertz CT molecular complexity index is 948. The summed E-state index contributed by atoms with van der Waals surface area (Å²) in [5.41, 5.74) is 2.74. The van der Waals surface area contributed by atoms with Crippen LogP contribution < -0.4 is 16.3 Å². The number of hydrogen-bond donors (Lipinski definition) is 4. The van der Waals surface area contributed by atoms with E-state index in [0.717, 1.165) is 24.4 Å². The Labute approximate surface area is 131 Å². The van der Waals surface area contributed by atoms with Gasteiger partial charge >= 0.3 is 6.18 Å². The highest BCUT2D eigenvalue weighted by Gasteiger charge is 2.30. The number of H-pyrrole nitrogens is 2. The number of halogens is 3. The van der Waals surface area contributed by atoms with Crippen molar-refractivity contribution in [3.8, 4) is 0 Å². The first-order valence-corrected chi connectivity index (χ1v) is 6.50. The highest BCUT2D eigenvalue weighted by Crippen LogP contribution is 2.30. The van der Waals surface area contributed by atoms with Crippen LogP contribution in [0.2, 0.25) is 0 Å². The lowest BCUT2D eigenvalue weighted by Crippen LogP contribution is -2.33. The van der Waals surface area contributed by atoms with Crippen LogP contribution in [0.1, 0.15) is 15.9 Å². The Hall–Kier alpha value is -3.37. The van der Waals surface area contributed by atoms with Crippen molar-refractivity contribution in [3.05, 3.63) is 52.1 Å². The van der Waals surface area contributed by atoms with Gasteiger partial charge in [-0.3, -0.25) is 20.4 Å². The highest BCUT2D eigenvalue weighted by atomic mass is 19.4. The van der Waals surface area contributed by atoms with Gasteiger partial charge < -0.3 is 4.98 Å². The van der Waals surface area contributed by atoms with E-state index in [2.05, 4.69) is 31.0 Å². The molecule has 1 amide bonds. The molecule has 2 heterocycles. The predicted molar refractivity (Wildman–Crippen MR) is 77.0 cm³/mol. The molecular weight excluding hydrogens is 329 g/mol. The van der Waals surface area contributed by atoms with Crippen molar-refractivity contribution >= 4 is 22.8 Å². The number of aromatic amines is 2. The van der Waals surface area contributed by atoms with Gasteiger partial charge in [0, 0.05) is 17.1 Å². The normalized spacial score (nSPS) is 11.5. The molecule has 0 aliphatic carbocycles. The molecule has 0 bridgehead atoms. The quantitative estimate of drug-likeness (QED) is 0.539. The standard InChI is InChI=1S/C13H9F3N6O2/c14-13(15,16)6-1-2-7-9(3-6)17-4-8(10(7)23)11(24)20-22-12-18-5-19-21-12/h1-5H,(H,17,23)(H,20,24)(H2,18,19,21,22). The molecule has 0 radical (unpaired) electrons. The molecule has 1 aromatic carbocycles. The number of nitrogens with one attached hydrogen (secondary N) is 4. The lowest BCUT2D eigenvalue weighted by atomic mass is 10.1. The third kappa shape index (κ3) is 2.91. The van der Waals surface area contributed by atoms with Gasteiger partial charge in [0.1, 0.15) is 11.9 Å². The number of fused-ring (bicyclic) bond motifs is 1. The lowest BCUT2D eigenvalue weighted by molar-refractivity contribution is -0.137. The van der Waals surface area contributed by atoms with Crippen LogP contribution in [0.15, 0.2) is 35.5 Å². The van der Waals surface area contributed by atoms with E-state index >= 15 is 0 Å². The second kappa shape index (κ2) is 5.68. The number of hydrazine groups is 1. The van der Waals surface area contributed by atoms with E-state index in [1.165, 1.54) is 6.33 Å². The van der Waals surface area contributed by atoms with Crippen LogP contribution >= 0.6 is 0 Å². The van der Waals surface area contributed by atoms with Crippen LogP contribution in [0, 0.1) is 0 Å². The van der Waals surface area contributed by atoms with E-state index in [1.807, 2.05) is 0 Å². The topological polar surface area (TPSA) is 116 Å². The van der Waals surface area contributed by atoms with Gasteiger partial charge in [0.05, 0.1) is 5.56 Å². The molecule has 0 unspecified atom stereocenters. The molecule has 124 valence electrons. The number of aromatic nitrogens is 4. The number of benzene rings is 1. The molecule has 0 aliphatic heterocycles. The van der Waals surface area contributed by atoms with Crippen molar-refractivity contribution in [2.45, 2.75) is 6.18 Å². The Morgan fingerprint density at radius 3 is 2.71 bits per heavy atom. The molecule has 0 spiro atoms. The maximum Gasteiger partial charge on any atom is 0.416 e. The zero-order chi connectivity index (χ0) is 17.3. The summed E-state index contributed by atoms with van der Waals surface area (Å²) in [6.45, 7) is 0. The average molecular weight is 338 g/mol. The highest BCUT2D eigenvalue weighted by molar-refractivity contribution is 5.97. The van der Waals surface area contributed by atoms with E-state index < -0.39 is 23.1 Å². The maximum atomic E-state index is 12.7. The number of carbonyl (C=O) groups excluding carboxylic acids is 1. The van der Waals surface area contributed by atoms with Gasteiger partial charge in [0.15, 0.2) is 0 Å². The SMILES string of the molecule is O=C(NNc1ncn[nH]1)c1c[nH]c2cc(C(F)(F)F)ccc2c1=O. The second-order valence-corrected chi connectivity index (χ2v) is 4.70. The van der Waals surface area contributed by atoms with E-state index in [1.54, 1.807) is 0 Å². The van der Waals surface area contributed by atoms with Crippen LogP contribution in [-0.4, -0.2) is 26.1 Å². The third-order valence-corrected chi connectivity index (χ3v) is 3.16. The largest absolute Gasteiger partial charge is 0.416 e. The summed E-state index contributed by atoms with van der Waals surface area (Å²) in [4.78, 5) is 30.5. The molecule has 8 nitrogen and oxygen atoms in total. The number of alkyl halides is 3. The first-order valence-electron chi connectivity index (χ1n) is 6.50. The van der Waals surface area contributed by atoms with Gasteiger partial charge in [-0.05, 0) is 18.2 Å². The van der Waals surface area contributed by atoms with Gasteiger partial charge in [-0.2, -0.15) is 23.3 Å². The minimum absolute atomic E-state index is 0.0189. The van der Waals surface area contributed by atoms with Crippen molar-refractivity contribution in [2.24, 2.45) is 0 Å². The Balaban J connectivity index is 1.91. The first kappa shape index (κ1) is 15.5. The van der Waals surface area contributed by atoms with E-state index in [0.29, 0.717) is 0 Å². The number of rotatable bonds is 3. The van der Waals surface area contributed by atoms with Crippen LogP contribution in [0.4, 0.5) is 19.1 Å². The monoisotopic (exact) mass is 338 g/mol. The van der Waals surface area contributed by atoms with Gasteiger partial charge in [-0.1, -0.05) is 0 Å². The number of amides is 1. The van der Waals surface area contributed by atoms with Gasteiger partial charge in [0.2, 0.25) is 11.4 Å². The predicted octanol–water partition coefficient (Wildman–Crippen LogP) is 1.42. The summed E-state index contributed by atoms with van der Waals surface area (Å²) in [7, 11) is 0. The molecule has 0 saturated carbocycles. The minimum atomic E-state index is -4.53. The average Bonchev–Trinajstić information content (AvgIpc) is 3.05. The van der Waals surface area contributed by atoms with Crippen molar-refractivity contribution < 1.29 is 18.0 Å². The van der Waals surface area contributed by atoms with Crippen LogP contribution in [0.3, 0.4) is 0 Å². The van der Waals surface area contributed by atoms with Crippen LogP contribution in [0.5, 0.6) is 0 Å². The summed E-state index contributed by atoms with van der Waals surface area (Å²) in [5.74, 6) is -0.634. The molecule has 0 atom stereocenters. The summed E-state index contributed by atoms with van der Waals surface area (Å²) in [6.07, 6.45) is -2.28. The zero-order valence-electron chi connectivity index (χ0n) is 11.7. The molecular formula is C13H9F3N6O2. The molecule has 11 heteroatoms. The fourth-order valence-corrected chi connectivity index (χ4v) is 2.02. The van der Waals surface area contributed by atoms with Crippen LogP contribution in [0.25, 0.3) is 10.9 Å². The first-order chi connectivity index (χ1) is 11.4. The molecule has 4 N–H and O–H groups in total. The Morgan fingerprint density at radius 1 is 1.25 bits per heavy atom. The van der Waals surface area contributed by atoms with Gasteiger partial charge in [-0.25, -0.2) is 5.10 Å². The summed E-state index contributed by atoms with van der Waals surface area (Å²) in [5, 5.41) is 5.95. The Morgan fingerprint density at radius 2 is 2.04 bits per heavy atom. The van der Waals surface area contributed by atoms with Gasteiger partial charge in [0.25, 0.3) is 5.91 Å². The van der Waals surface area contributed by atoms with Crippen molar-refractivity contribution in [1.82, 2.24) is 25.6 Å². The summed E-state index contributed by atoms with van der Waals surface area (Å²) >= 11 is 0. The molecule has 0 aliphatic rings. The zero-order valence-corrected chi connectivity index (χ0v) is 11.7. The summed E-state index contributed by atoms with van der Waals surface area (Å²) < 4.78 is 38.0. The number of pyridine rings is 1. The van der Waals surface area contributed by atoms with Crippen molar-refractivity contribution in [1.29, 1.82) is 0 Å². The van der Waals surface area contributed by atoms with Crippen molar-refractivity contribution in [3.63, 3.8) is 0 Å². The molecule has 24 heavy (non-hydrogen) atoms. The molecule has 2 aromatic heterocycles. The van der Waals surface area contributed by atoms with Gasteiger partial charge in [-0.15, -0.1) is 0 Å². The maximum absolute atomic E-state index is 12.7. The third-order valence-electron chi connectivity index (χ3n) is 3.16. The molecule has 3 rings (SSSR count). The van der Waals surface area contributed by atoms with E-state index in [-0.39, 0.29) is 22.4 Å². The molecule has 0 fully saturated rings. The number of nitrogens with zero attached hydrogens (tertiary/aromatic N) is 2. The fraction of sp³-hybridized carbons (Fsp3) is 0.0769. The van der Waals surface area contributed by atoms with Crippen molar-refractivity contribution in [2.75, 3.05) is 5.43 Å². The number of hydrogen-bond acceptors (Lipinski definition) is 5. The Kier molecular flexibility index (Phi) is 3.67. The smallest absolute Gasteiger partial charge is 0.360 e. The van der Waals surface area contributed by atoms with E-state index in [4.69, 9.17) is 0 Å². The lowest BCUT2D eigenvalue weighted by Gasteiger charge is -2.09. The second-order valence-electron chi connectivity index (χ2n) is 4.70. The number of anilines is 1.